The quantitative estimate of drug-likeness (QED) is 0.555. The number of rotatable bonds is 7. The van der Waals surface area contributed by atoms with Crippen molar-refractivity contribution in [3.63, 3.8) is 0 Å². The number of thiazole rings is 1. The van der Waals surface area contributed by atoms with Crippen LogP contribution in [0.5, 0.6) is 5.75 Å². The topological polar surface area (TPSA) is 94.3 Å². The molecule has 0 radical (unpaired) electrons. The zero-order valence-electron chi connectivity index (χ0n) is 15.7. The predicted molar refractivity (Wildman–Crippen MR) is 105 cm³/mol. The fourth-order valence-electron chi connectivity index (χ4n) is 2.61. The fourth-order valence-corrected chi connectivity index (χ4v) is 3.60. The van der Waals surface area contributed by atoms with Gasteiger partial charge in [0.2, 0.25) is 0 Å². The first-order valence-electron chi connectivity index (χ1n) is 8.66. The number of ether oxygens (including phenoxy) is 1. The van der Waals surface area contributed by atoms with Crippen LogP contribution in [0.1, 0.15) is 26.5 Å². The van der Waals surface area contributed by atoms with Crippen LogP contribution in [0.2, 0.25) is 0 Å². The van der Waals surface area contributed by atoms with Crippen LogP contribution in [-0.4, -0.2) is 23.4 Å². The van der Waals surface area contributed by atoms with E-state index in [0.717, 1.165) is 23.5 Å². The summed E-state index contributed by atoms with van der Waals surface area (Å²) in [4.78, 5) is 28.3. The largest absolute Gasteiger partial charge is 0.483 e. The molecule has 156 valence electrons. The van der Waals surface area contributed by atoms with Crippen molar-refractivity contribution in [1.29, 1.82) is 0 Å². The number of benzene rings is 2. The first kappa shape index (κ1) is 21.3. The molecule has 6 nitrogen and oxygen atoms in total. The molecule has 0 atom stereocenters. The number of primary amides is 1. The third-order valence-electron chi connectivity index (χ3n) is 4.08. The molecule has 0 saturated carbocycles. The minimum atomic E-state index is -1.53. The van der Waals surface area contributed by atoms with E-state index in [9.17, 15) is 22.8 Å². The second kappa shape index (κ2) is 8.95. The number of carbonyl (C=O) groups is 2. The zero-order valence-corrected chi connectivity index (χ0v) is 16.5. The highest BCUT2D eigenvalue weighted by molar-refractivity contribution is 7.15. The Labute approximate surface area is 173 Å². The molecule has 2 amide bonds. The zero-order chi connectivity index (χ0) is 21.8. The molecule has 3 aromatic rings. The van der Waals surface area contributed by atoms with Gasteiger partial charge in [0.25, 0.3) is 11.8 Å². The molecule has 0 aliphatic carbocycles. The lowest BCUT2D eigenvalue weighted by Crippen LogP contribution is -2.21. The lowest BCUT2D eigenvalue weighted by Gasteiger charge is -2.09. The third-order valence-corrected chi connectivity index (χ3v) is 5.15. The van der Waals surface area contributed by atoms with Gasteiger partial charge in [0, 0.05) is 11.3 Å². The van der Waals surface area contributed by atoms with Gasteiger partial charge in [-0.2, -0.15) is 0 Å². The average molecular weight is 435 g/mol. The van der Waals surface area contributed by atoms with Gasteiger partial charge in [0.15, 0.2) is 29.2 Å². The summed E-state index contributed by atoms with van der Waals surface area (Å²) in [7, 11) is 0. The van der Waals surface area contributed by atoms with Crippen LogP contribution >= 0.6 is 11.3 Å². The maximum atomic E-state index is 13.9. The van der Waals surface area contributed by atoms with E-state index >= 15 is 0 Å². The molecule has 3 N–H and O–H groups in total. The van der Waals surface area contributed by atoms with Gasteiger partial charge in [-0.25, -0.2) is 18.2 Å². The van der Waals surface area contributed by atoms with Crippen molar-refractivity contribution < 1.29 is 27.5 Å². The number of hydrogen-bond acceptors (Lipinski definition) is 5. The Balaban J connectivity index is 1.77. The number of para-hydroxylation sites is 1. The number of hydrogen-bond donors (Lipinski definition) is 2. The molecule has 0 bridgehead atoms. The Hall–Kier alpha value is -3.40. The van der Waals surface area contributed by atoms with Gasteiger partial charge in [-0.15, -0.1) is 11.3 Å². The molecule has 0 saturated heterocycles. The van der Waals surface area contributed by atoms with Crippen molar-refractivity contribution >= 4 is 28.3 Å². The van der Waals surface area contributed by atoms with E-state index in [-0.39, 0.29) is 35.0 Å². The van der Waals surface area contributed by atoms with E-state index < -0.39 is 29.3 Å². The molecule has 2 aromatic carbocycles. The number of carbonyl (C=O) groups excluding carboxylic acids is 2. The van der Waals surface area contributed by atoms with Gasteiger partial charge in [-0.3, -0.25) is 14.9 Å². The van der Waals surface area contributed by atoms with Crippen LogP contribution in [0.15, 0.2) is 36.4 Å². The molecule has 10 heteroatoms. The van der Waals surface area contributed by atoms with Crippen molar-refractivity contribution in [3.05, 3.63) is 75.5 Å². The summed E-state index contributed by atoms with van der Waals surface area (Å²) < 4.78 is 45.7. The molecule has 30 heavy (non-hydrogen) atoms. The van der Waals surface area contributed by atoms with Crippen molar-refractivity contribution in [2.75, 3.05) is 11.9 Å². The first-order chi connectivity index (χ1) is 14.3. The van der Waals surface area contributed by atoms with Crippen LogP contribution in [0.25, 0.3) is 0 Å². The summed E-state index contributed by atoms with van der Waals surface area (Å²) in [6.45, 7) is 1.27. The molecule has 1 heterocycles. The lowest BCUT2D eigenvalue weighted by molar-refractivity contribution is -0.119. The molecule has 0 fully saturated rings. The Morgan fingerprint density at radius 1 is 1.13 bits per heavy atom. The second-order valence-corrected chi connectivity index (χ2v) is 7.33. The van der Waals surface area contributed by atoms with E-state index in [1.807, 2.05) is 0 Å². The normalized spacial score (nSPS) is 10.7. The lowest BCUT2D eigenvalue weighted by atomic mass is 10.1. The Kier molecular flexibility index (Phi) is 6.36. The highest BCUT2D eigenvalue weighted by Crippen LogP contribution is 2.28. The summed E-state index contributed by atoms with van der Waals surface area (Å²) in [6, 6.07) is 8.30. The van der Waals surface area contributed by atoms with E-state index in [1.54, 1.807) is 19.1 Å². The van der Waals surface area contributed by atoms with Crippen LogP contribution in [0.4, 0.5) is 18.3 Å². The monoisotopic (exact) mass is 435 g/mol. The van der Waals surface area contributed by atoms with Crippen LogP contribution < -0.4 is 15.8 Å². The Morgan fingerprint density at radius 2 is 1.87 bits per heavy atom. The van der Waals surface area contributed by atoms with Crippen molar-refractivity contribution in [2.45, 2.75) is 13.3 Å². The van der Waals surface area contributed by atoms with Crippen LogP contribution in [0, 0.1) is 24.4 Å². The highest BCUT2D eigenvalue weighted by Gasteiger charge is 2.18. The maximum Gasteiger partial charge on any atom is 0.261 e. The summed E-state index contributed by atoms with van der Waals surface area (Å²) in [6.07, 6.45) is -0.0132. The van der Waals surface area contributed by atoms with Gasteiger partial charge < -0.3 is 10.5 Å². The maximum absolute atomic E-state index is 13.9. The van der Waals surface area contributed by atoms with Gasteiger partial charge >= 0.3 is 0 Å². The summed E-state index contributed by atoms with van der Waals surface area (Å²) in [5.74, 6) is -5.09. The molecule has 3 rings (SSSR count). The predicted octanol–water partition coefficient (Wildman–Crippen LogP) is 3.58. The third kappa shape index (κ3) is 4.77. The Morgan fingerprint density at radius 3 is 2.60 bits per heavy atom. The second-order valence-electron chi connectivity index (χ2n) is 6.24. The number of nitrogens with zero attached hydrogens (tertiary/aromatic N) is 1. The molecular formula is C20H16F3N3O3S. The van der Waals surface area contributed by atoms with Crippen molar-refractivity contribution in [2.24, 2.45) is 5.73 Å². The van der Waals surface area contributed by atoms with E-state index in [0.29, 0.717) is 10.6 Å². The standard InChI is InChI=1S/C20H16F3N3O3S/c1-10-15(8-11-6-7-13(21)18(23)17(11)22)30-20(25-10)26-19(28)12-4-2-3-5-14(12)29-9-16(24)27/h2-7H,8-9H2,1H3,(H2,24,27)(H,25,26,28). The number of anilines is 1. The van der Waals surface area contributed by atoms with Gasteiger partial charge in [-0.05, 0) is 30.7 Å². The number of nitrogens with one attached hydrogen (secondary N) is 1. The smallest absolute Gasteiger partial charge is 0.261 e. The average Bonchev–Trinajstić information content (AvgIpc) is 3.05. The van der Waals surface area contributed by atoms with Crippen molar-refractivity contribution in [3.8, 4) is 5.75 Å². The minimum absolute atomic E-state index is 0.0132. The van der Waals surface area contributed by atoms with E-state index in [2.05, 4.69) is 10.3 Å². The molecule has 0 aliphatic heterocycles. The van der Waals surface area contributed by atoms with Crippen molar-refractivity contribution in [1.82, 2.24) is 4.98 Å². The number of amides is 2. The number of aromatic nitrogens is 1. The SMILES string of the molecule is Cc1nc(NC(=O)c2ccccc2OCC(N)=O)sc1Cc1ccc(F)c(F)c1F. The summed E-state index contributed by atoms with van der Waals surface area (Å²) in [5, 5.41) is 2.85. The minimum Gasteiger partial charge on any atom is -0.483 e. The van der Waals surface area contributed by atoms with Crippen LogP contribution in [-0.2, 0) is 11.2 Å². The highest BCUT2D eigenvalue weighted by atomic mass is 32.1. The van der Waals surface area contributed by atoms with E-state index in [4.69, 9.17) is 10.5 Å². The molecular weight excluding hydrogens is 419 g/mol. The van der Waals surface area contributed by atoms with Gasteiger partial charge in [-0.1, -0.05) is 18.2 Å². The van der Waals surface area contributed by atoms with Gasteiger partial charge in [0.05, 0.1) is 11.3 Å². The summed E-state index contributed by atoms with van der Waals surface area (Å²) >= 11 is 1.08. The van der Waals surface area contributed by atoms with E-state index in [1.165, 1.54) is 12.1 Å². The fraction of sp³-hybridized carbons (Fsp3) is 0.150. The summed E-state index contributed by atoms with van der Waals surface area (Å²) in [5.41, 5.74) is 5.71. The molecule has 0 aliphatic rings. The molecule has 0 spiro atoms. The van der Waals surface area contributed by atoms with Gasteiger partial charge in [0.1, 0.15) is 5.75 Å². The molecule has 1 aromatic heterocycles. The first-order valence-corrected chi connectivity index (χ1v) is 9.48. The Bertz CT molecular complexity index is 1120. The number of halogens is 3. The number of aryl methyl sites for hydroxylation is 1. The number of nitrogens with two attached hydrogens (primary N) is 1. The van der Waals surface area contributed by atoms with Crippen LogP contribution in [0.3, 0.4) is 0 Å². The molecule has 0 unspecified atom stereocenters.